The van der Waals surface area contributed by atoms with Crippen LogP contribution in [0.25, 0.3) is 0 Å². The highest BCUT2D eigenvalue weighted by molar-refractivity contribution is 6.33. The second kappa shape index (κ2) is 6.15. The summed E-state index contributed by atoms with van der Waals surface area (Å²) < 4.78 is 0. The van der Waals surface area contributed by atoms with Gasteiger partial charge in [0.05, 0.1) is 16.4 Å². The number of hydrogen-bond acceptors (Lipinski definition) is 2. The molecule has 0 bridgehead atoms. The number of rotatable bonds is 4. The van der Waals surface area contributed by atoms with E-state index in [1.54, 1.807) is 0 Å². The smallest absolute Gasteiger partial charge is 0.0763 e. The summed E-state index contributed by atoms with van der Waals surface area (Å²) in [5, 5.41) is 4.09. The minimum atomic E-state index is 0.716. The molecule has 3 heteroatoms. The Morgan fingerprint density at radius 3 is 2.71 bits per heavy atom. The molecule has 0 unspecified atom stereocenters. The van der Waals surface area contributed by atoms with Gasteiger partial charge in [-0.05, 0) is 24.5 Å². The Labute approximate surface area is 109 Å². The fraction of sp³-hybridized carbons (Fsp3) is 0.571. The van der Waals surface area contributed by atoms with Gasteiger partial charge in [0.2, 0.25) is 0 Å². The lowest BCUT2D eigenvalue weighted by atomic mass is 9.87. The predicted molar refractivity (Wildman–Crippen MR) is 75.5 cm³/mol. The summed E-state index contributed by atoms with van der Waals surface area (Å²) >= 11 is 6.11. The standard InChI is InChI=1S/C14H21ClN2/c15-12-7-4-8-13(16)14(12)17-10-9-11-5-2-1-3-6-11/h4,7-8,11,17H,1-3,5-6,9-10,16H2. The maximum absolute atomic E-state index is 6.11. The van der Waals surface area contributed by atoms with Crippen molar-refractivity contribution in [3.05, 3.63) is 23.2 Å². The number of nitrogen functional groups attached to an aromatic ring is 1. The van der Waals surface area contributed by atoms with Crippen LogP contribution in [0, 0.1) is 5.92 Å². The van der Waals surface area contributed by atoms with E-state index in [2.05, 4.69) is 5.32 Å². The Morgan fingerprint density at radius 2 is 2.00 bits per heavy atom. The third-order valence-electron chi connectivity index (χ3n) is 3.62. The minimum Gasteiger partial charge on any atom is -0.397 e. The number of para-hydroxylation sites is 1. The molecule has 0 aliphatic heterocycles. The van der Waals surface area contributed by atoms with Crippen LogP contribution >= 0.6 is 11.6 Å². The summed E-state index contributed by atoms with van der Waals surface area (Å²) in [6.45, 7) is 0.971. The molecule has 1 aromatic carbocycles. The average Bonchev–Trinajstić information content (AvgIpc) is 2.34. The molecule has 1 aliphatic carbocycles. The number of hydrogen-bond donors (Lipinski definition) is 2. The van der Waals surface area contributed by atoms with E-state index in [0.29, 0.717) is 5.02 Å². The third-order valence-corrected chi connectivity index (χ3v) is 3.94. The van der Waals surface area contributed by atoms with E-state index in [9.17, 15) is 0 Å². The van der Waals surface area contributed by atoms with Crippen molar-refractivity contribution >= 4 is 23.0 Å². The SMILES string of the molecule is Nc1cccc(Cl)c1NCCC1CCCCC1. The van der Waals surface area contributed by atoms with Gasteiger partial charge < -0.3 is 11.1 Å². The van der Waals surface area contributed by atoms with Crippen LogP contribution in [-0.4, -0.2) is 6.54 Å². The van der Waals surface area contributed by atoms with Crippen LogP contribution in [0.3, 0.4) is 0 Å². The first-order chi connectivity index (χ1) is 8.27. The third kappa shape index (κ3) is 3.53. The lowest BCUT2D eigenvalue weighted by Gasteiger charge is -2.22. The van der Waals surface area contributed by atoms with Crippen LogP contribution < -0.4 is 11.1 Å². The molecule has 2 rings (SSSR count). The van der Waals surface area contributed by atoms with Crippen molar-refractivity contribution in [2.45, 2.75) is 38.5 Å². The molecule has 1 fully saturated rings. The Balaban J connectivity index is 1.81. The summed E-state index contributed by atoms with van der Waals surface area (Å²) in [6, 6.07) is 5.64. The van der Waals surface area contributed by atoms with E-state index in [0.717, 1.165) is 23.8 Å². The summed E-state index contributed by atoms with van der Waals surface area (Å²) in [7, 11) is 0. The van der Waals surface area contributed by atoms with E-state index in [4.69, 9.17) is 17.3 Å². The van der Waals surface area contributed by atoms with E-state index in [1.165, 1.54) is 38.5 Å². The lowest BCUT2D eigenvalue weighted by molar-refractivity contribution is 0.345. The number of anilines is 2. The van der Waals surface area contributed by atoms with E-state index >= 15 is 0 Å². The van der Waals surface area contributed by atoms with Crippen molar-refractivity contribution < 1.29 is 0 Å². The minimum absolute atomic E-state index is 0.716. The second-order valence-electron chi connectivity index (χ2n) is 4.92. The molecule has 1 saturated carbocycles. The van der Waals surface area contributed by atoms with Gasteiger partial charge in [-0.1, -0.05) is 49.8 Å². The Hall–Kier alpha value is -0.890. The van der Waals surface area contributed by atoms with Gasteiger partial charge in [0, 0.05) is 6.54 Å². The number of halogens is 1. The highest BCUT2D eigenvalue weighted by Gasteiger charge is 2.13. The van der Waals surface area contributed by atoms with Crippen LogP contribution in [0.1, 0.15) is 38.5 Å². The van der Waals surface area contributed by atoms with Crippen LogP contribution in [0.5, 0.6) is 0 Å². The average molecular weight is 253 g/mol. The summed E-state index contributed by atoms with van der Waals surface area (Å²) in [5.74, 6) is 0.889. The van der Waals surface area contributed by atoms with Crippen molar-refractivity contribution in [3.8, 4) is 0 Å². The molecule has 94 valence electrons. The first-order valence-electron chi connectivity index (χ1n) is 6.55. The summed E-state index contributed by atoms with van der Waals surface area (Å²) in [4.78, 5) is 0. The molecule has 3 N–H and O–H groups in total. The van der Waals surface area contributed by atoms with Gasteiger partial charge in [0.25, 0.3) is 0 Å². The Kier molecular flexibility index (Phi) is 4.55. The topological polar surface area (TPSA) is 38.0 Å². The molecule has 0 spiro atoms. The van der Waals surface area contributed by atoms with Gasteiger partial charge in [-0.2, -0.15) is 0 Å². The molecule has 0 amide bonds. The molecule has 0 saturated heterocycles. The molecule has 1 aromatic rings. The maximum Gasteiger partial charge on any atom is 0.0763 e. The van der Waals surface area contributed by atoms with Gasteiger partial charge in [-0.25, -0.2) is 0 Å². The Morgan fingerprint density at radius 1 is 1.24 bits per heavy atom. The number of nitrogens with two attached hydrogens (primary N) is 1. The van der Waals surface area contributed by atoms with Crippen molar-refractivity contribution in [1.82, 2.24) is 0 Å². The fourth-order valence-electron chi connectivity index (χ4n) is 2.60. The largest absolute Gasteiger partial charge is 0.397 e. The maximum atomic E-state index is 6.11. The van der Waals surface area contributed by atoms with Gasteiger partial charge >= 0.3 is 0 Å². The van der Waals surface area contributed by atoms with E-state index in [-0.39, 0.29) is 0 Å². The van der Waals surface area contributed by atoms with E-state index < -0.39 is 0 Å². The molecule has 0 radical (unpaired) electrons. The lowest BCUT2D eigenvalue weighted by Crippen LogP contribution is -2.13. The highest BCUT2D eigenvalue weighted by atomic mass is 35.5. The highest BCUT2D eigenvalue weighted by Crippen LogP contribution is 2.29. The predicted octanol–water partition coefficient (Wildman–Crippen LogP) is 4.30. The van der Waals surface area contributed by atoms with Crippen LogP contribution in [0.2, 0.25) is 5.02 Å². The molecule has 17 heavy (non-hydrogen) atoms. The zero-order valence-electron chi connectivity index (χ0n) is 10.2. The van der Waals surface area contributed by atoms with Crippen molar-refractivity contribution in [3.63, 3.8) is 0 Å². The van der Waals surface area contributed by atoms with Gasteiger partial charge in [-0.15, -0.1) is 0 Å². The van der Waals surface area contributed by atoms with Crippen LogP contribution in [0.4, 0.5) is 11.4 Å². The molecular formula is C14H21ClN2. The number of nitrogens with one attached hydrogen (secondary N) is 1. The van der Waals surface area contributed by atoms with Crippen molar-refractivity contribution in [1.29, 1.82) is 0 Å². The van der Waals surface area contributed by atoms with Gasteiger partial charge in [0.1, 0.15) is 0 Å². The Bertz CT molecular complexity index is 339. The molecule has 0 atom stereocenters. The normalized spacial score (nSPS) is 17.0. The van der Waals surface area contributed by atoms with Gasteiger partial charge in [-0.3, -0.25) is 0 Å². The first-order valence-corrected chi connectivity index (χ1v) is 6.93. The molecule has 2 nitrogen and oxygen atoms in total. The van der Waals surface area contributed by atoms with Crippen LogP contribution in [0.15, 0.2) is 18.2 Å². The quantitative estimate of drug-likeness (QED) is 0.784. The molecule has 0 aromatic heterocycles. The van der Waals surface area contributed by atoms with Crippen molar-refractivity contribution in [2.24, 2.45) is 5.92 Å². The number of benzene rings is 1. The van der Waals surface area contributed by atoms with Crippen molar-refractivity contribution in [2.75, 3.05) is 17.6 Å². The summed E-state index contributed by atoms with van der Waals surface area (Å²) in [5.41, 5.74) is 7.52. The summed E-state index contributed by atoms with van der Waals surface area (Å²) in [6.07, 6.45) is 8.23. The monoisotopic (exact) mass is 252 g/mol. The molecule has 1 aliphatic rings. The first kappa shape index (κ1) is 12.6. The second-order valence-corrected chi connectivity index (χ2v) is 5.33. The molecule has 0 heterocycles. The van der Waals surface area contributed by atoms with E-state index in [1.807, 2.05) is 18.2 Å². The van der Waals surface area contributed by atoms with Gasteiger partial charge in [0.15, 0.2) is 0 Å². The zero-order valence-corrected chi connectivity index (χ0v) is 11.0. The zero-order chi connectivity index (χ0) is 12.1. The fourth-order valence-corrected chi connectivity index (χ4v) is 2.85. The van der Waals surface area contributed by atoms with Crippen LogP contribution in [-0.2, 0) is 0 Å². The molecular weight excluding hydrogens is 232 g/mol.